The van der Waals surface area contributed by atoms with Crippen molar-refractivity contribution in [1.29, 1.82) is 0 Å². The number of hydrogen-bond acceptors (Lipinski definition) is 6. The molecule has 1 saturated heterocycles. The third-order valence-corrected chi connectivity index (χ3v) is 8.91. The fourth-order valence-corrected chi connectivity index (χ4v) is 2.84. The Hall–Kier alpha value is -0.463. The molecule has 0 aromatic rings. The van der Waals surface area contributed by atoms with Crippen LogP contribution in [0, 0.1) is 12.3 Å². The van der Waals surface area contributed by atoms with Crippen molar-refractivity contribution in [3.63, 3.8) is 0 Å². The molecule has 0 bridgehead atoms. The number of rotatable bonds is 5. The van der Waals surface area contributed by atoms with Crippen molar-refractivity contribution < 1.29 is 29.2 Å². The van der Waals surface area contributed by atoms with Crippen molar-refractivity contribution in [3.8, 4) is 12.3 Å². The van der Waals surface area contributed by atoms with E-state index in [1.807, 2.05) is 0 Å². The van der Waals surface area contributed by atoms with Gasteiger partial charge in [0.25, 0.3) is 0 Å². The largest absolute Gasteiger partial charge is 0.414 e. The molecule has 0 radical (unpaired) electrons. The van der Waals surface area contributed by atoms with Crippen LogP contribution in [0.3, 0.4) is 0 Å². The summed E-state index contributed by atoms with van der Waals surface area (Å²) in [5, 5.41) is 29.8. The molecule has 1 aliphatic heterocycles. The van der Waals surface area contributed by atoms with Gasteiger partial charge >= 0.3 is 0 Å². The summed E-state index contributed by atoms with van der Waals surface area (Å²) in [6.45, 7) is 10.6. The van der Waals surface area contributed by atoms with Crippen LogP contribution in [-0.4, -0.2) is 67.6 Å². The highest BCUT2D eigenvalue weighted by Crippen LogP contribution is 2.37. The Morgan fingerprint density at radius 1 is 1.14 bits per heavy atom. The topological polar surface area (TPSA) is 88.4 Å². The van der Waals surface area contributed by atoms with Crippen molar-refractivity contribution in [2.75, 3.05) is 13.2 Å². The fraction of sp³-hybridized carbons (Fsp3) is 0.867. The minimum atomic E-state index is -2.01. The Labute approximate surface area is 133 Å². The Bertz CT molecular complexity index is 400. The highest BCUT2D eigenvalue weighted by atomic mass is 28.4. The van der Waals surface area contributed by atoms with Crippen LogP contribution in [0.1, 0.15) is 20.8 Å². The molecule has 0 aliphatic carbocycles. The molecule has 1 heterocycles. The van der Waals surface area contributed by atoms with Crippen molar-refractivity contribution in [2.24, 2.45) is 0 Å². The first-order chi connectivity index (χ1) is 10.0. The summed E-state index contributed by atoms with van der Waals surface area (Å²) in [5.74, 6) is 2.27. The number of terminal acetylenes is 1. The summed E-state index contributed by atoms with van der Waals surface area (Å²) in [7, 11) is -2.01. The quantitative estimate of drug-likeness (QED) is 0.501. The lowest BCUT2D eigenvalue weighted by atomic mass is 9.99. The maximum absolute atomic E-state index is 10.1. The molecule has 1 rings (SSSR count). The first-order valence-corrected chi connectivity index (χ1v) is 10.3. The van der Waals surface area contributed by atoms with E-state index in [0.29, 0.717) is 0 Å². The maximum atomic E-state index is 10.1. The van der Waals surface area contributed by atoms with E-state index < -0.39 is 39.0 Å². The van der Waals surface area contributed by atoms with Crippen molar-refractivity contribution in [3.05, 3.63) is 0 Å². The summed E-state index contributed by atoms with van der Waals surface area (Å²) in [5.41, 5.74) is 0. The molecule has 22 heavy (non-hydrogen) atoms. The third kappa shape index (κ3) is 4.52. The van der Waals surface area contributed by atoms with Crippen LogP contribution in [0.25, 0.3) is 0 Å². The predicted octanol–water partition coefficient (Wildman–Crippen LogP) is 0.466. The SMILES string of the molecule is C#CCO[C@H]1O[C@H](CO[Si](C)(C)C(C)(C)C)[C@@H](O)[C@H](O)[C@@H]1O. The molecule has 0 saturated carbocycles. The number of aliphatic hydroxyl groups excluding tert-OH is 3. The fourth-order valence-electron chi connectivity index (χ4n) is 1.83. The van der Waals surface area contributed by atoms with E-state index in [9.17, 15) is 15.3 Å². The molecular weight excluding hydrogens is 304 g/mol. The van der Waals surface area contributed by atoms with E-state index in [0.717, 1.165) is 0 Å². The zero-order valence-electron chi connectivity index (χ0n) is 13.9. The highest BCUT2D eigenvalue weighted by Gasteiger charge is 2.46. The second-order valence-corrected chi connectivity index (χ2v) is 11.9. The lowest BCUT2D eigenvalue weighted by molar-refractivity contribution is -0.297. The Morgan fingerprint density at radius 3 is 2.23 bits per heavy atom. The standard InChI is InChI=1S/C15H28O6Si/c1-7-8-19-14-13(18)12(17)11(16)10(21-14)9-20-22(5,6)15(2,3)4/h1,10-14,16-18H,8-9H2,2-6H3/t10-,11-,12+,13+,14+/m1/s1. The molecule has 0 aromatic carbocycles. The minimum absolute atomic E-state index is 0.0180. The van der Waals surface area contributed by atoms with E-state index in [-0.39, 0.29) is 18.3 Å². The molecule has 128 valence electrons. The average molecular weight is 332 g/mol. The van der Waals surface area contributed by atoms with Gasteiger partial charge in [0.1, 0.15) is 31.0 Å². The number of ether oxygens (including phenoxy) is 2. The normalized spacial score (nSPS) is 33.5. The molecule has 7 heteroatoms. The molecule has 5 atom stereocenters. The summed E-state index contributed by atoms with van der Waals surface area (Å²) >= 11 is 0. The Morgan fingerprint density at radius 2 is 1.73 bits per heavy atom. The van der Waals surface area contributed by atoms with Crippen molar-refractivity contribution in [2.45, 2.75) is 69.6 Å². The molecule has 0 unspecified atom stereocenters. The Kier molecular flexibility index (Phi) is 6.59. The zero-order valence-corrected chi connectivity index (χ0v) is 14.9. The third-order valence-electron chi connectivity index (χ3n) is 4.41. The van der Waals surface area contributed by atoms with Crippen LogP contribution in [0.2, 0.25) is 18.1 Å². The monoisotopic (exact) mass is 332 g/mol. The van der Waals surface area contributed by atoms with Gasteiger partial charge < -0.3 is 29.2 Å². The van der Waals surface area contributed by atoms with Gasteiger partial charge in [0.15, 0.2) is 14.6 Å². The molecule has 0 amide bonds. The van der Waals surface area contributed by atoms with Gasteiger partial charge in [-0.2, -0.15) is 0 Å². The van der Waals surface area contributed by atoms with E-state index >= 15 is 0 Å². The number of aliphatic hydroxyl groups is 3. The van der Waals surface area contributed by atoms with Crippen LogP contribution in [0.4, 0.5) is 0 Å². The van der Waals surface area contributed by atoms with Gasteiger partial charge in [-0.15, -0.1) is 6.42 Å². The molecule has 1 aliphatic rings. The summed E-state index contributed by atoms with van der Waals surface area (Å²) in [6.07, 6.45) is -0.725. The van der Waals surface area contributed by atoms with Crippen LogP contribution >= 0.6 is 0 Å². The van der Waals surface area contributed by atoms with Crippen LogP contribution in [0.15, 0.2) is 0 Å². The molecule has 0 aromatic heterocycles. The van der Waals surface area contributed by atoms with Crippen molar-refractivity contribution >= 4 is 8.32 Å². The van der Waals surface area contributed by atoms with Gasteiger partial charge in [0, 0.05) is 0 Å². The first-order valence-electron chi connectivity index (χ1n) is 7.40. The van der Waals surface area contributed by atoms with Crippen molar-refractivity contribution in [1.82, 2.24) is 0 Å². The number of hydrogen-bond donors (Lipinski definition) is 3. The molecule has 0 spiro atoms. The summed E-state index contributed by atoms with van der Waals surface area (Å²) in [4.78, 5) is 0. The van der Waals surface area contributed by atoms with Gasteiger partial charge in [-0.25, -0.2) is 0 Å². The maximum Gasteiger partial charge on any atom is 0.192 e. The first kappa shape index (κ1) is 19.6. The Balaban J connectivity index is 2.71. The van der Waals surface area contributed by atoms with Crippen LogP contribution in [0.5, 0.6) is 0 Å². The van der Waals surface area contributed by atoms with Gasteiger partial charge in [-0.3, -0.25) is 0 Å². The molecule has 6 nitrogen and oxygen atoms in total. The average Bonchev–Trinajstić information content (AvgIpc) is 2.42. The highest BCUT2D eigenvalue weighted by molar-refractivity contribution is 6.74. The van der Waals surface area contributed by atoms with E-state index in [1.54, 1.807) is 0 Å². The van der Waals surface area contributed by atoms with E-state index in [2.05, 4.69) is 39.8 Å². The lowest BCUT2D eigenvalue weighted by Gasteiger charge is -2.42. The second kappa shape index (κ2) is 7.40. The molecule has 3 N–H and O–H groups in total. The van der Waals surface area contributed by atoms with Crippen LogP contribution in [-0.2, 0) is 13.9 Å². The van der Waals surface area contributed by atoms with Gasteiger partial charge in [0.2, 0.25) is 0 Å². The van der Waals surface area contributed by atoms with Gasteiger partial charge in [0.05, 0.1) is 6.61 Å². The summed E-state index contributed by atoms with van der Waals surface area (Å²) in [6, 6.07) is 0. The lowest BCUT2D eigenvalue weighted by Crippen LogP contribution is -2.60. The van der Waals surface area contributed by atoms with Crippen LogP contribution < -0.4 is 0 Å². The van der Waals surface area contributed by atoms with Gasteiger partial charge in [-0.05, 0) is 18.1 Å². The molecule has 1 fully saturated rings. The predicted molar refractivity (Wildman–Crippen MR) is 84.6 cm³/mol. The molecular formula is C15H28O6Si. The van der Waals surface area contributed by atoms with Gasteiger partial charge in [-0.1, -0.05) is 26.7 Å². The second-order valence-electron chi connectivity index (χ2n) is 7.10. The minimum Gasteiger partial charge on any atom is -0.414 e. The zero-order chi connectivity index (χ0) is 17.1. The smallest absolute Gasteiger partial charge is 0.192 e. The van der Waals surface area contributed by atoms with E-state index in [4.69, 9.17) is 20.3 Å². The summed E-state index contributed by atoms with van der Waals surface area (Å²) < 4.78 is 16.7. The van der Waals surface area contributed by atoms with E-state index in [1.165, 1.54) is 0 Å².